The van der Waals surface area contributed by atoms with Crippen LogP contribution in [0.3, 0.4) is 0 Å². The highest BCUT2D eigenvalue weighted by molar-refractivity contribution is 5.87. The Kier molecular flexibility index (Phi) is 3.32. The number of hydrogen-bond acceptors (Lipinski definition) is 3. The van der Waals surface area contributed by atoms with E-state index in [1.165, 1.54) is 0 Å². The lowest BCUT2D eigenvalue weighted by molar-refractivity contribution is -0.119. The van der Waals surface area contributed by atoms with E-state index in [1.54, 1.807) is 0 Å². The standard InChI is InChI=1S/C11H21NO2/c1-7(2)10-9(8(13)6-14-10)12-11(3,4)5/h7,9-10,12H,6H2,1-5H3. The Hall–Kier alpha value is -0.410. The lowest BCUT2D eigenvalue weighted by Gasteiger charge is -2.29. The molecule has 0 aliphatic carbocycles. The van der Waals surface area contributed by atoms with Gasteiger partial charge in [-0.3, -0.25) is 4.79 Å². The minimum Gasteiger partial charge on any atom is -0.368 e. The number of ketones is 1. The average Bonchev–Trinajstić information content (AvgIpc) is 2.29. The average molecular weight is 199 g/mol. The number of hydrogen-bond donors (Lipinski definition) is 1. The van der Waals surface area contributed by atoms with Crippen molar-refractivity contribution in [3.8, 4) is 0 Å². The molecule has 1 aliphatic heterocycles. The maximum absolute atomic E-state index is 11.6. The number of nitrogens with one attached hydrogen (secondary N) is 1. The Morgan fingerprint density at radius 3 is 2.43 bits per heavy atom. The van der Waals surface area contributed by atoms with E-state index in [1.807, 2.05) is 0 Å². The molecule has 14 heavy (non-hydrogen) atoms. The number of Topliss-reactive ketones (excluding diaryl/α,β-unsaturated/α-hetero) is 1. The summed E-state index contributed by atoms with van der Waals surface area (Å²) in [5, 5.41) is 3.32. The maximum atomic E-state index is 11.6. The fraction of sp³-hybridized carbons (Fsp3) is 0.909. The van der Waals surface area contributed by atoms with Crippen LogP contribution >= 0.6 is 0 Å². The van der Waals surface area contributed by atoms with E-state index in [9.17, 15) is 4.79 Å². The third-order valence-corrected chi connectivity index (χ3v) is 2.34. The molecule has 1 fully saturated rings. The summed E-state index contributed by atoms with van der Waals surface area (Å²) in [6.45, 7) is 10.6. The summed E-state index contributed by atoms with van der Waals surface area (Å²) < 4.78 is 5.47. The molecule has 0 aromatic carbocycles. The van der Waals surface area contributed by atoms with Crippen LogP contribution in [0, 0.1) is 5.92 Å². The Morgan fingerprint density at radius 1 is 1.43 bits per heavy atom. The predicted octanol–water partition coefficient (Wildman–Crippen LogP) is 1.37. The van der Waals surface area contributed by atoms with Crippen LogP contribution in [0.25, 0.3) is 0 Å². The highest BCUT2D eigenvalue weighted by atomic mass is 16.5. The molecule has 0 radical (unpaired) electrons. The lowest BCUT2D eigenvalue weighted by atomic mass is 9.96. The molecular weight excluding hydrogens is 178 g/mol. The molecule has 3 heteroatoms. The second-order valence-electron chi connectivity index (χ2n) is 5.36. The zero-order valence-corrected chi connectivity index (χ0v) is 9.76. The van der Waals surface area contributed by atoms with Gasteiger partial charge in [-0.15, -0.1) is 0 Å². The van der Waals surface area contributed by atoms with Crippen LogP contribution in [0.2, 0.25) is 0 Å². The van der Waals surface area contributed by atoms with Crippen LogP contribution in [-0.2, 0) is 9.53 Å². The Balaban J connectivity index is 2.68. The molecule has 0 aromatic heterocycles. The summed E-state index contributed by atoms with van der Waals surface area (Å²) in [5.41, 5.74) is -0.0405. The van der Waals surface area contributed by atoms with Crippen molar-refractivity contribution in [3.63, 3.8) is 0 Å². The maximum Gasteiger partial charge on any atom is 0.177 e. The van der Waals surface area contributed by atoms with Crippen LogP contribution in [0.4, 0.5) is 0 Å². The fourth-order valence-corrected chi connectivity index (χ4v) is 1.75. The van der Waals surface area contributed by atoms with Crippen molar-refractivity contribution < 1.29 is 9.53 Å². The molecule has 1 rings (SSSR count). The molecule has 3 nitrogen and oxygen atoms in total. The Morgan fingerprint density at radius 2 is 2.00 bits per heavy atom. The lowest BCUT2D eigenvalue weighted by Crippen LogP contribution is -2.51. The summed E-state index contributed by atoms with van der Waals surface area (Å²) in [6.07, 6.45) is 0.0294. The van der Waals surface area contributed by atoms with E-state index in [0.29, 0.717) is 5.92 Å². The molecule has 1 aliphatic rings. The molecule has 0 aromatic rings. The monoisotopic (exact) mass is 199 g/mol. The number of ether oxygens (including phenoxy) is 1. The van der Waals surface area contributed by atoms with Gasteiger partial charge in [0.05, 0.1) is 12.1 Å². The van der Waals surface area contributed by atoms with Crippen LogP contribution in [0.1, 0.15) is 34.6 Å². The molecule has 82 valence electrons. The van der Waals surface area contributed by atoms with Gasteiger partial charge in [0.25, 0.3) is 0 Å². The summed E-state index contributed by atoms with van der Waals surface area (Å²) in [5.74, 6) is 0.555. The minimum absolute atomic E-state index is 0.0294. The molecule has 0 spiro atoms. The van der Waals surface area contributed by atoms with E-state index in [0.717, 1.165) is 0 Å². The van der Waals surface area contributed by atoms with Crippen LogP contribution in [0.15, 0.2) is 0 Å². The van der Waals surface area contributed by atoms with Crippen LogP contribution < -0.4 is 5.32 Å². The second-order valence-corrected chi connectivity index (χ2v) is 5.36. The van der Waals surface area contributed by atoms with E-state index < -0.39 is 0 Å². The van der Waals surface area contributed by atoms with Crippen molar-refractivity contribution in [2.75, 3.05) is 6.61 Å². The first-order valence-electron chi connectivity index (χ1n) is 5.23. The van der Waals surface area contributed by atoms with Gasteiger partial charge >= 0.3 is 0 Å². The van der Waals surface area contributed by atoms with Crippen molar-refractivity contribution in [2.24, 2.45) is 5.92 Å². The molecule has 0 bridgehead atoms. The minimum atomic E-state index is -0.130. The third-order valence-electron chi connectivity index (χ3n) is 2.34. The summed E-state index contributed by atoms with van der Waals surface area (Å²) in [6, 6.07) is -0.130. The largest absolute Gasteiger partial charge is 0.368 e. The van der Waals surface area contributed by atoms with Crippen molar-refractivity contribution in [2.45, 2.75) is 52.3 Å². The van der Waals surface area contributed by atoms with Gasteiger partial charge in [0.1, 0.15) is 6.61 Å². The molecule has 0 amide bonds. The van der Waals surface area contributed by atoms with Gasteiger partial charge in [-0.1, -0.05) is 13.8 Å². The van der Waals surface area contributed by atoms with Gasteiger partial charge in [-0.05, 0) is 26.7 Å². The number of carbonyl (C=O) groups excluding carboxylic acids is 1. The van der Waals surface area contributed by atoms with E-state index in [4.69, 9.17) is 4.74 Å². The van der Waals surface area contributed by atoms with Gasteiger partial charge in [-0.2, -0.15) is 0 Å². The number of carbonyl (C=O) groups is 1. The Bertz CT molecular complexity index is 218. The van der Waals surface area contributed by atoms with Gasteiger partial charge in [0.15, 0.2) is 5.78 Å². The van der Waals surface area contributed by atoms with Gasteiger partial charge in [0.2, 0.25) is 0 Å². The van der Waals surface area contributed by atoms with Crippen molar-refractivity contribution in [1.29, 1.82) is 0 Å². The first-order chi connectivity index (χ1) is 6.31. The third kappa shape index (κ3) is 2.79. The van der Waals surface area contributed by atoms with Crippen LogP contribution in [0.5, 0.6) is 0 Å². The fourth-order valence-electron chi connectivity index (χ4n) is 1.75. The van der Waals surface area contributed by atoms with Crippen molar-refractivity contribution >= 4 is 5.78 Å². The highest BCUT2D eigenvalue weighted by Gasteiger charge is 2.39. The first kappa shape index (κ1) is 11.7. The zero-order chi connectivity index (χ0) is 10.9. The summed E-state index contributed by atoms with van der Waals surface area (Å²) in [4.78, 5) is 11.6. The second kappa shape index (κ2) is 3.99. The van der Waals surface area contributed by atoms with E-state index >= 15 is 0 Å². The predicted molar refractivity (Wildman–Crippen MR) is 56.3 cm³/mol. The van der Waals surface area contributed by atoms with Crippen LogP contribution in [-0.4, -0.2) is 30.1 Å². The quantitative estimate of drug-likeness (QED) is 0.730. The molecule has 1 N–H and O–H groups in total. The normalized spacial score (nSPS) is 28.9. The topological polar surface area (TPSA) is 38.3 Å². The first-order valence-corrected chi connectivity index (χ1v) is 5.23. The Labute approximate surface area is 86.2 Å². The van der Waals surface area contributed by atoms with E-state index in [2.05, 4.69) is 39.9 Å². The molecule has 2 unspecified atom stereocenters. The smallest absolute Gasteiger partial charge is 0.177 e. The molecule has 0 saturated carbocycles. The molecular formula is C11H21NO2. The SMILES string of the molecule is CC(C)C1OCC(=O)C1NC(C)(C)C. The van der Waals surface area contributed by atoms with Gasteiger partial charge in [-0.25, -0.2) is 0 Å². The van der Waals surface area contributed by atoms with Crippen molar-refractivity contribution in [1.82, 2.24) is 5.32 Å². The van der Waals surface area contributed by atoms with Crippen molar-refractivity contribution in [3.05, 3.63) is 0 Å². The molecule has 1 saturated heterocycles. The molecule has 1 heterocycles. The van der Waals surface area contributed by atoms with Gasteiger partial charge in [0, 0.05) is 5.54 Å². The summed E-state index contributed by atoms with van der Waals surface area (Å²) in [7, 11) is 0. The highest BCUT2D eigenvalue weighted by Crippen LogP contribution is 2.20. The molecule has 2 atom stereocenters. The van der Waals surface area contributed by atoms with Gasteiger partial charge < -0.3 is 10.1 Å². The van der Waals surface area contributed by atoms with E-state index in [-0.39, 0.29) is 30.1 Å². The number of rotatable bonds is 2. The summed E-state index contributed by atoms with van der Waals surface area (Å²) >= 11 is 0. The zero-order valence-electron chi connectivity index (χ0n) is 9.76.